The number of hydrogen-bond donors (Lipinski definition) is 2. The quantitative estimate of drug-likeness (QED) is 0.363. The summed E-state index contributed by atoms with van der Waals surface area (Å²) in [5.74, 6) is -0.134. The lowest BCUT2D eigenvalue weighted by molar-refractivity contribution is 0.0697. The minimum atomic E-state index is -0.935. The zero-order valence-corrected chi connectivity index (χ0v) is 18.5. The van der Waals surface area contributed by atoms with Crippen LogP contribution in [0, 0.1) is 0 Å². The highest BCUT2D eigenvalue weighted by Gasteiger charge is 2.20. The summed E-state index contributed by atoms with van der Waals surface area (Å²) in [6.07, 6.45) is 0.849. The Balaban J connectivity index is 1.65. The number of halogens is 1. The number of carboxylic acids is 1. The zero-order valence-electron chi connectivity index (χ0n) is 17.8. The Morgan fingerprint density at radius 1 is 1.10 bits per heavy atom. The van der Waals surface area contributed by atoms with Crippen molar-refractivity contribution in [2.75, 3.05) is 56.2 Å². The fraction of sp³-hybridized carbons (Fsp3) is 0.391. The van der Waals surface area contributed by atoms with Gasteiger partial charge in [0.15, 0.2) is 5.96 Å². The molecule has 0 atom stereocenters. The van der Waals surface area contributed by atoms with Crippen molar-refractivity contribution < 1.29 is 14.6 Å². The molecule has 0 spiro atoms. The summed E-state index contributed by atoms with van der Waals surface area (Å²) in [6, 6.07) is 14.6. The van der Waals surface area contributed by atoms with E-state index in [2.05, 4.69) is 15.1 Å². The molecule has 1 heterocycles. The molecular formula is C23H29ClN4O3. The maximum Gasteiger partial charge on any atom is 0.335 e. The molecule has 31 heavy (non-hydrogen) atoms. The monoisotopic (exact) mass is 444 g/mol. The number of aliphatic imine (C=N–C) groups is 1. The first-order valence-corrected chi connectivity index (χ1v) is 10.9. The molecule has 1 aliphatic heterocycles. The lowest BCUT2D eigenvalue weighted by Crippen LogP contribution is -2.50. The molecule has 0 radical (unpaired) electrons. The SMILES string of the molecule is CCOCCCN=C(Nc1ccc(C(=O)O)cc1)N1CCN(c2ccc(Cl)cc2)CC1. The second-order valence-electron chi connectivity index (χ2n) is 7.21. The number of anilines is 2. The van der Waals surface area contributed by atoms with E-state index in [1.807, 2.05) is 31.2 Å². The van der Waals surface area contributed by atoms with Gasteiger partial charge in [0, 0.05) is 62.3 Å². The van der Waals surface area contributed by atoms with Gasteiger partial charge in [-0.25, -0.2) is 4.79 Å². The normalized spacial score (nSPS) is 14.6. The Morgan fingerprint density at radius 2 is 1.77 bits per heavy atom. The molecule has 3 rings (SSSR count). The average Bonchev–Trinajstić information content (AvgIpc) is 2.79. The van der Waals surface area contributed by atoms with Gasteiger partial charge in [-0.3, -0.25) is 4.99 Å². The first kappa shape index (κ1) is 22.9. The Labute approximate surface area is 188 Å². The number of rotatable bonds is 8. The molecule has 1 fully saturated rings. The van der Waals surface area contributed by atoms with Crippen LogP contribution in [0.4, 0.5) is 11.4 Å². The van der Waals surface area contributed by atoms with Crippen LogP contribution in [0.15, 0.2) is 53.5 Å². The Bertz CT molecular complexity index is 863. The van der Waals surface area contributed by atoms with Crippen molar-refractivity contribution in [1.29, 1.82) is 0 Å². The molecule has 166 valence electrons. The number of carboxylic acid groups (broad SMARTS) is 1. The van der Waals surface area contributed by atoms with Crippen molar-refractivity contribution in [3.63, 3.8) is 0 Å². The molecule has 1 saturated heterocycles. The van der Waals surface area contributed by atoms with Crippen LogP contribution in [0.25, 0.3) is 0 Å². The summed E-state index contributed by atoms with van der Waals surface area (Å²) in [5, 5.41) is 13.2. The summed E-state index contributed by atoms with van der Waals surface area (Å²) in [6.45, 7) is 7.44. The first-order chi connectivity index (χ1) is 15.1. The molecule has 0 bridgehead atoms. The minimum Gasteiger partial charge on any atom is -0.478 e. The maximum atomic E-state index is 11.1. The van der Waals surface area contributed by atoms with E-state index >= 15 is 0 Å². The number of nitrogens with zero attached hydrogens (tertiary/aromatic N) is 3. The van der Waals surface area contributed by atoms with E-state index < -0.39 is 5.97 Å². The highest BCUT2D eigenvalue weighted by atomic mass is 35.5. The van der Waals surface area contributed by atoms with Gasteiger partial charge in [0.05, 0.1) is 5.56 Å². The Morgan fingerprint density at radius 3 is 2.39 bits per heavy atom. The summed E-state index contributed by atoms with van der Waals surface area (Å²) in [5.41, 5.74) is 2.24. The molecule has 2 N–H and O–H groups in total. The highest BCUT2D eigenvalue weighted by molar-refractivity contribution is 6.30. The van der Waals surface area contributed by atoms with Gasteiger partial charge >= 0.3 is 5.97 Å². The summed E-state index contributed by atoms with van der Waals surface area (Å²) >= 11 is 6.01. The summed E-state index contributed by atoms with van der Waals surface area (Å²) in [4.78, 5) is 20.4. The maximum absolute atomic E-state index is 11.1. The van der Waals surface area contributed by atoms with Gasteiger partial charge in [-0.1, -0.05) is 11.6 Å². The van der Waals surface area contributed by atoms with Crippen molar-refractivity contribution >= 4 is 34.9 Å². The summed E-state index contributed by atoms with van der Waals surface area (Å²) in [7, 11) is 0. The van der Waals surface area contributed by atoms with Gasteiger partial charge < -0.3 is 25.0 Å². The minimum absolute atomic E-state index is 0.261. The number of hydrogen-bond acceptors (Lipinski definition) is 4. The van der Waals surface area contributed by atoms with E-state index in [-0.39, 0.29) is 5.56 Å². The average molecular weight is 445 g/mol. The van der Waals surface area contributed by atoms with Crippen LogP contribution < -0.4 is 10.2 Å². The number of piperazine rings is 1. The largest absolute Gasteiger partial charge is 0.478 e. The van der Waals surface area contributed by atoms with Crippen LogP contribution in [0.3, 0.4) is 0 Å². The predicted octanol–water partition coefficient (Wildman–Crippen LogP) is 4.05. The summed E-state index contributed by atoms with van der Waals surface area (Å²) < 4.78 is 5.41. The van der Waals surface area contributed by atoms with E-state index in [1.54, 1.807) is 24.3 Å². The fourth-order valence-corrected chi connectivity index (χ4v) is 3.49. The molecule has 0 unspecified atom stereocenters. The molecule has 0 aromatic heterocycles. The van der Waals surface area contributed by atoms with Gasteiger partial charge in [-0.2, -0.15) is 0 Å². The number of nitrogens with one attached hydrogen (secondary N) is 1. The van der Waals surface area contributed by atoms with Gasteiger partial charge in [0.25, 0.3) is 0 Å². The van der Waals surface area contributed by atoms with E-state index in [0.717, 1.165) is 55.0 Å². The van der Waals surface area contributed by atoms with E-state index in [9.17, 15) is 4.79 Å². The number of carbonyl (C=O) groups is 1. The van der Waals surface area contributed by atoms with Crippen LogP contribution in [-0.4, -0.2) is 67.9 Å². The molecule has 8 heteroatoms. The van der Waals surface area contributed by atoms with Crippen LogP contribution in [0.2, 0.25) is 5.02 Å². The molecule has 0 amide bonds. The lowest BCUT2D eigenvalue weighted by Gasteiger charge is -2.37. The van der Waals surface area contributed by atoms with E-state index in [1.165, 1.54) is 0 Å². The Hall–Kier alpha value is -2.77. The third kappa shape index (κ3) is 6.87. The predicted molar refractivity (Wildman–Crippen MR) is 126 cm³/mol. The smallest absolute Gasteiger partial charge is 0.335 e. The van der Waals surface area contributed by atoms with Crippen LogP contribution in [-0.2, 0) is 4.74 Å². The van der Waals surface area contributed by atoms with Crippen molar-refractivity contribution in [2.24, 2.45) is 4.99 Å². The highest BCUT2D eigenvalue weighted by Crippen LogP contribution is 2.20. The van der Waals surface area contributed by atoms with Crippen LogP contribution >= 0.6 is 11.6 Å². The number of benzene rings is 2. The second kappa shape index (κ2) is 11.6. The van der Waals surface area contributed by atoms with Gasteiger partial charge in [-0.15, -0.1) is 0 Å². The van der Waals surface area contributed by atoms with Crippen molar-refractivity contribution in [3.05, 3.63) is 59.1 Å². The van der Waals surface area contributed by atoms with E-state index in [0.29, 0.717) is 19.8 Å². The molecular weight excluding hydrogens is 416 g/mol. The number of aromatic carboxylic acids is 1. The van der Waals surface area contributed by atoms with Crippen molar-refractivity contribution in [1.82, 2.24) is 4.90 Å². The third-order valence-electron chi connectivity index (χ3n) is 5.07. The van der Waals surface area contributed by atoms with Crippen LogP contribution in [0.5, 0.6) is 0 Å². The van der Waals surface area contributed by atoms with Gasteiger partial charge in [0.1, 0.15) is 0 Å². The van der Waals surface area contributed by atoms with Crippen molar-refractivity contribution in [2.45, 2.75) is 13.3 Å². The molecule has 0 saturated carbocycles. The third-order valence-corrected chi connectivity index (χ3v) is 5.32. The van der Waals surface area contributed by atoms with E-state index in [4.69, 9.17) is 26.4 Å². The topological polar surface area (TPSA) is 77.4 Å². The van der Waals surface area contributed by atoms with Gasteiger partial charge in [-0.05, 0) is 61.9 Å². The second-order valence-corrected chi connectivity index (χ2v) is 7.65. The molecule has 0 aliphatic carbocycles. The molecule has 1 aliphatic rings. The lowest BCUT2D eigenvalue weighted by atomic mass is 10.2. The first-order valence-electron chi connectivity index (χ1n) is 10.5. The van der Waals surface area contributed by atoms with Crippen LogP contribution in [0.1, 0.15) is 23.7 Å². The number of ether oxygens (including phenoxy) is 1. The van der Waals surface area contributed by atoms with Gasteiger partial charge in [0.2, 0.25) is 0 Å². The van der Waals surface area contributed by atoms with Crippen molar-refractivity contribution in [3.8, 4) is 0 Å². The molecule has 2 aromatic carbocycles. The fourth-order valence-electron chi connectivity index (χ4n) is 3.37. The standard InChI is InChI=1S/C23H29ClN4O3/c1-2-31-17-3-12-25-23(26-20-8-4-18(5-9-20)22(29)30)28-15-13-27(14-16-28)21-10-6-19(24)7-11-21/h4-11H,2-3,12-17H2,1H3,(H,25,26)(H,29,30). The number of guanidine groups is 1. The molecule has 7 nitrogen and oxygen atoms in total. The Kier molecular flexibility index (Phi) is 8.55. The molecule has 2 aromatic rings. The zero-order chi connectivity index (χ0) is 22.1.